The Labute approximate surface area is 222 Å². The van der Waals surface area contributed by atoms with Crippen molar-refractivity contribution < 1.29 is 34.2 Å². The van der Waals surface area contributed by atoms with Gasteiger partial charge in [-0.15, -0.1) is 0 Å². The van der Waals surface area contributed by atoms with Gasteiger partial charge < -0.3 is 37.6 Å². The topological polar surface area (TPSA) is 214 Å². The van der Waals surface area contributed by atoms with Gasteiger partial charge in [0.15, 0.2) is 0 Å². The third-order valence-electron chi connectivity index (χ3n) is 6.61. The van der Waals surface area contributed by atoms with Crippen LogP contribution >= 0.6 is 0 Å². The van der Waals surface area contributed by atoms with Crippen molar-refractivity contribution in [2.75, 3.05) is 0 Å². The molecule has 0 saturated carbocycles. The Kier molecular flexibility index (Phi) is 13.2. The standard InChI is InChI=1S/C26H41N5O7/c1-5-14(3)21(30-23(34)18(27)13-16-7-9-17(32)10-8-16)25(36)29-19(11-12-20(28)33)24(35)31-22(26(37)38)15(4)6-2/h7-10,14-15,18-19,21-22,32H,5-6,11-13,27H2,1-4H3,(H2,28,33)(H,29,36)(H,30,34)(H,31,35)(H,37,38). The molecule has 0 aliphatic carbocycles. The highest BCUT2D eigenvalue weighted by Crippen LogP contribution is 2.13. The van der Waals surface area contributed by atoms with E-state index in [0.717, 1.165) is 0 Å². The van der Waals surface area contributed by atoms with E-state index < -0.39 is 53.8 Å². The SMILES string of the molecule is CCC(C)C(NC(=O)C(CCC(N)=O)NC(=O)C(NC(=O)C(N)Cc1ccc(O)cc1)C(C)CC)C(=O)O. The molecule has 0 aliphatic rings. The van der Waals surface area contributed by atoms with Gasteiger partial charge in [0.1, 0.15) is 23.9 Å². The van der Waals surface area contributed by atoms with Gasteiger partial charge in [-0.05, 0) is 42.4 Å². The van der Waals surface area contributed by atoms with Crippen molar-refractivity contribution in [3.63, 3.8) is 0 Å². The molecule has 212 valence electrons. The normalized spacial score (nSPS) is 15.7. The molecule has 0 saturated heterocycles. The first-order valence-corrected chi connectivity index (χ1v) is 12.8. The molecular weight excluding hydrogens is 494 g/mol. The van der Waals surface area contributed by atoms with Crippen LogP contribution in [0.3, 0.4) is 0 Å². The maximum Gasteiger partial charge on any atom is 0.326 e. The molecule has 4 amide bonds. The Bertz CT molecular complexity index is 969. The van der Waals surface area contributed by atoms with Gasteiger partial charge in [-0.1, -0.05) is 52.7 Å². The van der Waals surface area contributed by atoms with E-state index in [-0.39, 0.29) is 36.8 Å². The molecule has 0 bridgehead atoms. The molecule has 1 aromatic carbocycles. The summed E-state index contributed by atoms with van der Waals surface area (Å²) in [6.07, 6.45) is 0.788. The highest BCUT2D eigenvalue weighted by molar-refractivity contribution is 5.94. The second kappa shape index (κ2) is 15.6. The second-order valence-electron chi connectivity index (χ2n) is 9.63. The molecule has 38 heavy (non-hydrogen) atoms. The van der Waals surface area contributed by atoms with Crippen LogP contribution in [0.4, 0.5) is 0 Å². The van der Waals surface area contributed by atoms with Gasteiger partial charge in [0.2, 0.25) is 23.6 Å². The van der Waals surface area contributed by atoms with E-state index in [1.54, 1.807) is 32.9 Å². The summed E-state index contributed by atoms with van der Waals surface area (Å²) in [6.45, 7) is 7.03. The Morgan fingerprint density at radius 3 is 1.87 bits per heavy atom. The number of phenolic OH excluding ortho intramolecular Hbond substituents is 1. The van der Waals surface area contributed by atoms with Crippen LogP contribution in [0.5, 0.6) is 5.75 Å². The van der Waals surface area contributed by atoms with Gasteiger partial charge in [0.25, 0.3) is 0 Å². The van der Waals surface area contributed by atoms with E-state index >= 15 is 0 Å². The fourth-order valence-corrected chi connectivity index (χ4v) is 3.69. The first-order valence-electron chi connectivity index (χ1n) is 12.8. The predicted molar refractivity (Wildman–Crippen MR) is 141 cm³/mol. The van der Waals surface area contributed by atoms with Gasteiger partial charge in [-0.3, -0.25) is 19.2 Å². The minimum Gasteiger partial charge on any atom is -0.508 e. The molecule has 6 unspecified atom stereocenters. The van der Waals surface area contributed by atoms with Crippen LogP contribution in [-0.4, -0.2) is 64.0 Å². The number of aliphatic carboxylic acids is 1. The van der Waals surface area contributed by atoms with Crippen LogP contribution in [0.2, 0.25) is 0 Å². The van der Waals surface area contributed by atoms with Gasteiger partial charge in [-0.2, -0.15) is 0 Å². The number of carbonyl (C=O) groups is 5. The minimum atomic E-state index is -1.25. The summed E-state index contributed by atoms with van der Waals surface area (Å²) < 4.78 is 0. The van der Waals surface area contributed by atoms with Crippen molar-refractivity contribution in [1.29, 1.82) is 0 Å². The number of nitrogens with two attached hydrogens (primary N) is 2. The molecule has 0 spiro atoms. The molecule has 12 heteroatoms. The summed E-state index contributed by atoms with van der Waals surface area (Å²) in [5.74, 6) is -4.60. The first kappa shape index (κ1) is 32.4. The predicted octanol–water partition coefficient (Wildman–Crippen LogP) is 0.159. The van der Waals surface area contributed by atoms with E-state index in [1.807, 2.05) is 6.92 Å². The fourth-order valence-electron chi connectivity index (χ4n) is 3.69. The largest absolute Gasteiger partial charge is 0.508 e. The third-order valence-corrected chi connectivity index (χ3v) is 6.61. The number of carboxylic acid groups (broad SMARTS) is 1. The number of rotatable bonds is 16. The maximum atomic E-state index is 13.3. The van der Waals surface area contributed by atoms with Crippen LogP contribution in [0, 0.1) is 11.8 Å². The number of carboxylic acids is 1. The molecule has 0 radical (unpaired) electrons. The summed E-state index contributed by atoms with van der Waals surface area (Å²) in [5, 5.41) is 26.6. The third kappa shape index (κ3) is 10.4. The number of amides is 4. The first-order chi connectivity index (χ1) is 17.8. The maximum absolute atomic E-state index is 13.3. The Morgan fingerprint density at radius 1 is 0.842 bits per heavy atom. The molecule has 0 aliphatic heterocycles. The highest BCUT2D eigenvalue weighted by Gasteiger charge is 2.33. The molecule has 1 rings (SSSR count). The van der Waals surface area contributed by atoms with Crippen LogP contribution in [-0.2, 0) is 30.4 Å². The molecular formula is C26H41N5O7. The zero-order chi connectivity index (χ0) is 29.0. The Hall–Kier alpha value is -3.67. The quantitative estimate of drug-likeness (QED) is 0.154. The lowest BCUT2D eigenvalue weighted by Crippen LogP contribution is -2.59. The number of nitrogens with one attached hydrogen (secondary N) is 3. The van der Waals surface area contributed by atoms with E-state index in [2.05, 4.69) is 16.0 Å². The zero-order valence-corrected chi connectivity index (χ0v) is 22.4. The van der Waals surface area contributed by atoms with E-state index in [0.29, 0.717) is 18.4 Å². The lowest BCUT2D eigenvalue weighted by Gasteiger charge is -2.28. The number of carbonyl (C=O) groups excluding carboxylic acids is 4. The lowest BCUT2D eigenvalue weighted by atomic mass is 9.96. The molecule has 9 N–H and O–H groups in total. The van der Waals surface area contributed by atoms with Crippen molar-refractivity contribution in [2.24, 2.45) is 23.3 Å². The summed E-state index contributed by atoms with van der Waals surface area (Å²) in [4.78, 5) is 62.1. The van der Waals surface area contributed by atoms with Crippen molar-refractivity contribution in [3.05, 3.63) is 29.8 Å². The zero-order valence-electron chi connectivity index (χ0n) is 22.4. The average molecular weight is 536 g/mol. The Balaban J connectivity index is 3.04. The number of phenols is 1. The number of primary amides is 1. The average Bonchev–Trinajstić information content (AvgIpc) is 2.87. The van der Waals surface area contributed by atoms with Crippen molar-refractivity contribution in [3.8, 4) is 5.75 Å². The Morgan fingerprint density at radius 2 is 1.37 bits per heavy atom. The summed E-state index contributed by atoms with van der Waals surface area (Å²) in [7, 11) is 0. The summed E-state index contributed by atoms with van der Waals surface area (Å²) in [6, 6.07) is 1.73. The van der Waals surface area contributed by atoms with Crippen molar-refractivity contribution in [1.82, 2.24) is 16.0 Å². The van der Waals surface area contributed by atoms with E-state index in [9.17, 15) is 34.2 Å². The van der Waals surface area contributed by atoms with Crippen molar-refractivity contribution in [2.45, 2.75) is 84.0 Å². The monoisotopic (exact) mass is 535 g/mol. The van der Waals surface area contributed by atoms with Gasteiger partial charge in [-0.25, -0.2) is 4.79 Å². The number of hydrogen-bond acceptors (Lipinski definition) is 7. The molecule has 0 heterocycles. The smallest absolute Gasteiger partial charge is 0.326 e. The molecule has 0 fully saturated rings. The molecule has 1 aromatic rings. The lowest BCUT2D eigenvalue weighted by molar-refractivity contribution is -0.144. The van der Waals surface area contributed by atoms with Gasteiger partial charge in [0.05, 0.1) is 6.04 Å². The number of hydrogen-bond donors (Lipinski definition) is 7. The van der Waals surface area contributed by atoms with Gasteiger partial charge in [0, 0.05) is 6.42 Å². The highest BCUT2D eigenvalue weighted by atomic mass is 16.4. The second-order valence-corrected chi connectivity index (χ2v) is 9.63. The van der Waals surface area contributed by atoms with Crippen molar-refractivity contribution >= 4 is 29.6 Å². The number of aromatic hydroxyl groups is 1. The summed E-state index contributed by atoms with van der Waals surface area (Å²) in [5.41, 5.74) is 12.0. The van der Waals surface area contributed by atoms with Crippen LogP contribution in [0.1, 0.15) is 58.9 Å². The molecule has 6 atom stereocenters. The molecule has 12 nitrogen and oxygen atoms in total. The van der Waals surface area contributed by atoms with Crippen LogP contribution in [0.15, 0.2) is 24.3 Å². The summed E-state index contributed by atoms with van der Waals surface area (Å²) >= 11 is 0. The molecule has 0 aromatic heterocycles. The van der Waals surface area contributed by atoms with Crippen LogP contribution in [0.25, 0.3) is 0 Å². The van der Waals surface area contributed by atoms with Crippen LogP contribution < -0.4 is 27.4 Å². The number of benzene rings is 1. The van der Waals surface area contributed by atoms with E-state index in [4.69, 9.17) is 11.5 Å². The van der Waals surface area contributed by atoms with E-state index in [1.165, 1.54) is 12.1 Å². The minimum absolute atomic E-state index is 0.0778. The fraction of sp³-hybridized carbons (Fsp3) is 0.577. The van der Waals surface area contributed by atoms with Gasteiger partial charge >= 0.3 is 5.97 Å².